The van der Waals surface area contributed by atoms with Crippen LogP contribution in [-0.4, -0.2) is 14.5 Å². The lowest BCUT2D eigenvalue weighted by molar-refractivity contribution is 0.490. The number of benzene rings is 1. The SMILES string of the molecule is CC(C)(C)[Si](C)(C)Oc1ccc(F)c(C=NN)c1. The molecule has 0 spiro atoms. The minimum atomic E-state index is -1.91. The minimum Gasteiger partial charge on any atom is -0.543 e. The summed E-state index contributed by atoms with van der Waals surface area (Å²) in [4.78, 5) is 0. The van der Waals surface area contributed by atoms with E-state index in [1.807, 2.05) is 0 Å². The van der Waals surface area contributed by atoms with Gasteiger partial charge in [-0.15, -0.1) is 0 Å². The van der Waals surface area contributed by atoms with Crippen molar-refractivity contribution < 1.29 is 8.82 Å². The van der Waals surface area contributed by atoms with Crippen LogP contribution >= 0.6 is 0 Å². The Morgan fingerprint density at radius 3 is 2.44 bits per heavy atom. The number of nitrogens with two attached hydrogens (primary N) is 1. The van der Waals surface area contributed by atoms with Gasteiger partial charge in [0, 0.05) is 5.56 Å². The second kappa shape index (κ2) is 5.10. The second-order valence-electron chi connectivity index (χ2n) is 5.82. The molecule has 1 aromatic rings. The van der Waals surface area contributed by atoms with Crippen LogP contribution in [0.5, 0.6) is 5.75 Å². The molecule has 0 fully saturated rings. The number of hydrogen-bond acceptors (Lipinski definition) is 3. The van der Waals surface area contributed by atoms with Gasteiger partial charge in [-0.1, -0.05) is 20.8 Å². The lowest BCUT2D eigenvalue weighted by Gasteiger charge is -2.36. The molecule has 1 aromatic carbocycles. The van der Waals surface area contributed by atoms with Gasteiger partial charge in [-0.3, -0.25) is 0 Å². The first-order chi connectivity index (χ1) is 8.17. The van der Waals surface area contributed by atoms with Crippen molar-refractivity contribution in [1.82, 2.24) is 0 Å². The van der Waals surface area contributed by atoms with Crippen molar-refractivity contribution >= 4 is 14.5 Å². The quantitative estimate of drug-likeness (QED) is 0.395. The van der Waals surface area contributed by atoms with E-state index in [1.54, 1.807) is 12.1 Å². The Balaban J connectivity index is 3.03. The smallest absolute Gasteiger partial charge is 0.250 e. The van der Waals surface area contributed by atoms with Crippen LogP contribution in [0.3, 0.4) is 0 Å². The molecule has 5 heteroatoms. The molecule has 0 unspecified atom stereocenters. The molecule has 1 rings (SSSR count). The molecular formula is C13H21FN2OSi. The van der Waals surface area contributed by atoms with Crippen molar-refractivity contribution in [2.45, 2.75) is 38.9 Å². The topological polar surface area (TPSA) is 47.6 Å². The van der Waals surface area contributed by atoms with Crippen LogP contribution in [0.2, 0.25) is 18.1 Å². The summed E-state index contributed by atoms with van der Waals surface area (Å²) in [5, 5.41) is 3.44. The molecule has 0 saturated carbocycles. The molecule has 0 aromatic heterocycles. The van der Waals surface area contributed by atoms with E-state index in [1.165, 1.54) is 12.3 Å². The predicted molar refractivity (Wildman–Crippen MR) is 76.0 cm³/mol. The zero-order valence-corrected chi connectivity index (χ0v) is 12.6. The first-order valence-corrected chi connectivity index (χ1v) is 8.80. The van der Waals surface area contributed by atoms with Crippen molar-refractivity contribution in [2.75, 3.05) is 0 Å². The Hall–Kier alpha value is -1.36. The van der Waals surface area contributed by atoms with Gasteiger partial charge >= 0.3 is 0 Å². The largest absolute Gasteiger partial charge is 0.543 e. The maximum Gasteiger partial charge on any atom is 0.250 e. The average molecular weight is 268 g/mol. The van der Waals surface area contributed by atoms with E-state index < -0.39 is 8.32 Å². The summed E-state index contributed by atoms with van der Waals surface area (Å²) in [5.41, 5.74) is 0.341. The summed E-state index contributed by atoms with van der Waals surface area (Å²) >= 11 is 0. The summed E-state index contributed by atoms with van der Waals surface area (Å²) in [6, 6.07) is 4.65. The highest BCUT2D eigenvalue weighted by Gasteiger charge is 2.38. The zero-order chi connectivity index (χ0) is 14.0. The maximum absolute atomic E-state index is 13.4. The molecule has 0 saturated heterocycles. The van der Waals surface area contributed by atoms with E-state index in [-0.39, 0.29) is 10.9 Å². The molecule has 100 valence electrons. The highest BCUT2D eigenvalue weighted by atomic mass is 28.4. The van der Waals surface area contributed by atoms with Crippen LogP contribution in [0.25, 0.3) is 0 Å². The first kappa shape index (κ1) is 14.7. The second-order valence-corrected chi connectivity index (χ2v) is 10.5. The predicted octanol–water partition coefficient (Wildman–Crippen LogP) is 3.50. The summed E-state index contributed by atoms with van der Waals surface area (Å²) in [6.07, 6.45) is 1.29. The van der Waals surface area contributed by atoms with Crippen LogP contribution in [0.4, 0.5) is 4.39 Å². The summed E-state index contributed by atoms with van der Waals surface area (Å²) < 4.78 is 19.5. The fourth-order valence-electron chi connectivity index (χ4n) is 1.21. The standard InChI is InChI=1S/C13H21FN2OSi/c1-13(2,3)18(4,5)17-11-6-7-12(14)10(8-11)9-16-15/h6-9H,15H2,1-5H3. The Labute approximate surface area is 109 Å². The Bertz CT molecular complexity index is 453. The lowest BCUT2D eigenvalue weighted by Crippen LogP contribution is -2.43. The average Bonchev–Trinajstić information content (AvgIpc) is 2.21. The van der Waals surface area contributed by atoms with Crippen molar-refractivity contribution in [3.8, 4) is 5.75 Å². The number of hydrazone groups is 1. The van der Waals surface area contributed by atoms with Gasteiger partial charge in [0.1, 0.15) is 11.6 Å². The van der Waals surface area contributed by atoms with Gasteiger partial charge in [0.2, 0.25) is 8.32 Å². The molecule has 0 radical (unpaired) electrons. The van der Waals surface area contributed by atoms with Crippen molar-refractivity contribution in [1.29, 1.82) is 0 Å². The van der Waals surface area contributed by atoms with Crippen LogP contribution in [-0.2, 0) is 0 Å². The fraction of sp³-hybridized carbons (Fsp3) is 0.462. The van der Waals surface area contributed by atoms with E-state index in [0.29, 0.717) is 11.3 Å². The summed E-state index contributed by atoms with van der Waals surface area (Å²) in [6.45, 7) is 10.8. The molecule has 0 aliphatic carbocycles. The van der Waals surface area contributed by atoms with Crippen LogP contribution in [0.1, 0.15) is 26.3 Å². The molecule has 0 aliphatic heterocycles. The van der Waals surface area contributed by atoms with Crippen molar-refractivity contribution in [3.63, 3.8) is 0 Å². The molecule has 3 nitrogen and oxygen atoms in total. The molecule has 0 heterocycles. The monoisotopic (exact) mass is 268 g/mol. The van der Waals surface area contributed by atoms with E-state index in [2.05, 4.69) is 39.0 Å². The van der Waals surface area contributed by atoms with Gasteiger partial charge in [0.25, 0.3) is 0 Å². The van der Waals surface area contributed by atoms with Gasteiger partial charge in [-0.05, 0) is 36.3 Å². The third-order valence-electron chi connectivity index (χ3n) is 3.36. The van der Waals surface area contributed by atoms with E-state index in [9.17, 15) is 4.39 Å². The number of nitrogens with zero attached hydrogens (tertiary/aromatic N) is 1. The van der Waals surface area contributed by atoms with Gasteiger partial charge in [-0.2, -0.15) is 5.10 Å². The van der Waals surface area contributed by atoms with E-state index >= 15 is 0 Å². The first-order valence-electron chi connectivity index (χ1n) is 5.89. The third-order valence-corrected chi connectivity index (χ3v) is 7.72. The number of halogens is 1. The normalized spacial score (nSPS) is 13.0. The van der Waals surface area contributed by atoms with Crippen molar-refractivity contribution in [3.05, 3.63) is 29.6 Å². The van der Waals surface area contributed by atoms with Crippen molar-refractivity contribution in [2.24, 2.45) is 10.9 Å². The van der Waals surface area contributed by atoms with Crippen LogP contribution < -0.4 is 10.3 Å². The molecule has 0 amide bonds. The van der Waals surface area contributed by atoms with Crippen LogP contribution in [0, 0.1) is 5.82 Å². The summed E-state index contributed by atoms with van der Waals surface area (Å²) in [5.74, 6) is 5.36. The highest BCUT2D eigenvalue weighted by Crippen LogP contribution is 2.37. The van der Waals surface area contributed by atoms with Gasteiger partial charge in [0.15, 0.2) is 0 Å². The molecular weight excluding hydrogens is 247 g/mol. The zero-order valence-electron chi connectivity index (χ0n) is 11.6. The highest BCUT2D eigenvalue weighted by molar-refractivity contribution is 6.74. The van der Waals surface area contributed by atoms with Gasteiger partial charge in [0.05, 0.1) is 6.21 Å². The molecule has 0 atom stereocenters. The molecule has 0 aliphatic rings. The third kappa shape index (κ3) is 3.32. The van der Waals surface area contributed by atoms with Crippen LogP contribution in [0.15, 0.2) is 23.3 Å². The molecule has 0 bridgehead atoms. The number of hydrogen-bond donors (Lipinski definition) is 1. The molecule has 18 heavy (non-hydrogen) atoms. The Kier molecular flexibility index (Phi) is 4.16. The van der Waals surface area contributed by atoms with Gasteiger partial charge < -0.3 is 10.3 Å². The van der Waals surface area contributed by atoms with E-state index in [0.717, 1.165) is 0 Å². The Morgan fingerprint density at radius 1 is 1.33 bits per heavy atom. The number of rotatable bonds is 3. The Morgan fingerprint density at radius 2 is 1.94 bits per heavy atom. The van der Waals surface area contributed by atoms with E-state index in [4.69, 9.17) is 10.3 Å². The molecule has 2 N–H and O–H groups in total. The van der Waals surface area contributed by atoms with Gasteiger partial charge in [-0.25, -0.2) is 4.39 Å². The minimum absolute atomic E-state index is 0.101. The lowest BCUT2D eigenvalue weighted by atomic mass is 10.2. The fourth-order valence-corrected chi connectivity index (χ4v) is 2.23. The maximum atomic E-state index is 13.4. The summed E-state index contributed by atoms with van der Waals surface area (Å²) in [7, 11) is -1.91.